The van der Waals surface area contributed by atoms with Crippen molar-refractivity contribution in [3.63, 3.8) is 0 Å². The molecule has 0 amide bonds. The monoisotopic (exact) mass is 1210 g/mol. The molecule has 0 spiro atoms. The molecule has 0 aliphatic carbocycles. The molecule has 0 radical (unpaired) electrons. The Labute approximate surface area is 533 Å². The van der Waals surface area contributed by atoms with Crippen LogP contribution in [0.25, 0.3) is 0 Å². The molecule has 0 aliphatic rings. The van der Waals surface area contributed by atoms with E-state index < -0.39 is 24.3 Å². The molecule has 9 heteroatoms. The van der Waals surface area contributed by atoms with Crippen LogP contribution in [0.5, 0.6) is 0 Å². The first-order chi connectivity index (χ1) is 42.1. The van der Waals surface area contributed by atoms with Crippen LogP contribution in [0.4, 0.5) is 0 Å². The number of rotatable bonds is 69. The fourth-order valence-electron chi connectivity index (χ4n) is 10.9. The van der Waals surface area contributed by atoms with Crippen LogP contribution in [0.1, 0.15) is 354 Å². The Morgan fingerprint density at radius 2 is 0.663 bits per heavy atom. The second-order valence-corrected chi connectivity index (χ2v) is 26.2. The fourth-order valence-corrected chi connectivity index (χ4v) is 10.9. The van der Waals surface area contributed by atoms with E-state index in [2.05, 4.69) is 74.6 Å². The van der Waals surface area contributed by atoms with E-state index in [1.54, 1.807) is 0 Å². The Morgan fingerprint density at radius 1 is 0.360 bits per heavy atom. The van der Waals surface area contributed by atoms with Crippen LogP contribution in [0.2, 0.25) is 0 Å². The predicted molar refractivity (Wildman–Crippen MR) is 369 cm³/mol. The van der Waals surface area contributed by atoms with E-state index in [0.29, 0.717) is 23.9 Å². The Bertz CT molecular complexity index is 1600. The quantitative estimate of drug-likeness (QED) is 0.0211. The smallest absolute Gasteiger partial charge is 0.361 e. The SMILES string of the molecule is CC/C=C\C/C=C\C/C=C\C/C=C\C/C=C\CCCCCCCCCC(=O)OC(COC(=O)CCCCCCCCCCCCCCCCCCCCCCCCCCCCCCCCCCCCCCCC)COC(OCC[N+](C)(C)C)C(=O)O. The van der Waals surface area contributed by atoms with Gasteiger partial charge in [0, 0.05) is 12.8 Å². The number of quaternary nitrogens is 1. The van der Waals surface area contributed by atoms with Gasteiger partial charge in [0.1, 0.15) is 13.2 Å². The predicted octanol–water partition coefficient (Wildman–Crippen LogP) is 23.1. The average molecular weight is 1210 g/mol. The number of carbonyl (C=O) groups is 3. The first-order valence-corrected chi connectivity index (χ1v) is 37.0. The number of nitrogens with zero attached hydrogens (tertiary/aromatic N) is 1. The molecule has 0 aromatic heterocycles. The molecule has 502 valence electrons. The van der Waals surface area contributed by atoms with Crippen LogP contribution in [-0.2, 0) is 33.3 Å². The number of carbonyl (C=O) groups excluding carboxylic acids is 2. The number of unbranched alkanes of at least 4 members (excludes halogenated alkanes) is 44. The molecule has 0 bridgehead atoms. The molecule has 2 unspecified atom stereocenters. The number of carboxylic acids is 1. The van der Waals surface area contributed by atoms with Crippen molar-refractivity contribution in [2.45, 2.75) is 367 Å². The van der Waals surface area contributed by atoms with E-state index >= 15 is 0 Å². The lowest BCUT2D eigenvalue weighted by Crippen LogP contribution is -2.40. The molecule has 0 aromatic carbocycles. The topological polar surface area (TPSA) is 108 Å². The van der Waals surface area contributed by atoms with E-state index in [1.165, 1.54) is 244 Å². The zero-order chi connectivity index (χ0) is 62.6. The van der Waals surface area contributed by atoms with E-state index in [4.69, 9.17) is 18.9 Å². The summed E-state index contributed by atoms with van der Waals surface area (Å²) in [5, 5.41) is 9.74. The van der Waals surface area contributed by atoms with Crippen molar-refractivity contribution >= 4 is 17.9 Å². The Balaban J connectivity index is 3.99. The molecule has 1 N–H and O–H groups in total. The van der Waals surface area contributed by atoms with Crippen molar-refractivity contribution in [1.29, 1.82) is 0 Å². The van der Waals surface area contributed by atoms with Gasteiger partial charge in [-0.15, -0.1) is 0 Å². The number of allylic oxidation sites excluding steroid dienone is 10. The normalized spacial score (nSPS) is 13.0. The number of hydrogen-bond acceptors (Lipinski definition) is 7. The maximum atomic E-state index is 12.9. The molecule has 0 saturated heterocycles. The van der Waals surface area contributed by atoms with Gasteiger partial charge in [-0.2, -0.15) is 0 Å². The number of carboxylic acid groups (broad SMARTS) is 1. The number of esters is 2. The van der Waals surface area contributed by atoms with Crippen molar-refractivity contribution in [3.05, 3.63) is 60.8 Å². The highest BCUT2D eigenvalue weighted by Gasteiger charge is 2.25. The van der Waals surface area contributed by atoms with E-state index in [9.17, 15) is 19.5 Å². The van der Waals surface area contributed by atoms with Crippen molar-refractivity contribution < 1.29 is 42.9 Å². The Morgan fingerprint density at radius 3 is 0.988 bits per heavy atom. The Kier molecular flexibility index (Phi) is 65.5. The molecule has 9 nitrogen and oxygen atoms in total. The van der Waals surface area contributed by atoms with Gasteiger partial charge in [0.15, 0.2) is 6.10 Å². The lowest BCUT2D eigenvalue weighted by molar-refractivity contribution is -0.870. The van der Waals surface area contributed by atoms with Crippen LogP contribution >= 0.6 is 0 Å². The molecule has 0 aliphatic heterocycles. The third-order valence-corrected chi connectivity index (χ3v) is 16.5. The van der Waals surface area contributed by atoms with E-state index in [-0.39, 0.29) is 32.2 Å². The molecule has 0 heterocycles. The van der Waals surface area contributed by atoms with Gasteiger partial charge in [0.25, 0.3) is 6.29 Å². The fraction of sp³-hybridized carbons (Fsp3) is 0.831. The van der Waals surface area contributed by atoms with Gasteiger partial charge in [0.2, 0.25) is 0 Å². The summed E-state index contributed by atoms with van der Waals surface area (Å²) in [6, 6.07) is 0. The first-order valence-electron chi connectivity index (χ1n) is 37.0. The van der Waals surface area contributed by atoms with Crippen LogP contribution < -0.4 is 0 Å². The lowest BCUT2D eigenvalue weighted by Gasteiger charge is -2.25. The largest absolute Gasteiger partial charge is 0.477 e. The minimum Gasteiger partial charge on any atom is -0.477 e. The van der Waals surface area contributed by atoms with Crippen LogP contribution in [0.3, 0.4) is 0 Å². The average Bonchev–Trinajstić information content (AvgIpc) is 3.64. The maximum absolute atomic E-state index is 12.9. The van der Waals surface area contributed by atoms with Gasteiger partial charge in [-0.3, -0.25) is 9.59 Å². The summed E-state index contributed by atoms with van der Waals surface area (Å²) in [4.78, 5) is 37.6. The number of aliphatic carboxylic acids is 1. The van der Waals surface area contributed by atoms with Gasteiger partial charge >= 0.3 is 17.9 Å². The lowest BCUT2D eigenvalue weighted by atomic mass is 10.0. The molecule has 2 atom stereocenters. The second kappa shape index (κ2) is 67.9. The molecule has 0 rings (SSSR count). The summed E-state index contributed by atoms with van der Waals surface area (Å²) in [5.41, 5.74) is 0. The van der Waals surface area contributed by atoms with Gasteiger partial charge in [0.05, 0.1) is 34.4 Å². The molecule has 0 fully saturated rings. The second-order valence-electron chi connectivity index (χ2n) is 26.2. The zero-order valence-electron chi connectivity index (χ0n) is 57.5. The minimum atomic E-state index is -1.52. The highest BCUT2D eigenvalue weighted by atomic mass is 16.7. The van der Waals surface area contributed by atoms with Crippen molar-refractivity contribution in [1.82, 2.24) is 0 Å². The molecule has 0 saturated carbocycles. The summed E-state index contributed by atoms with van der Waals surface area (Å²) in [5.74, 6) is -2.00. The third kappa shape index (κ3) is 68.5. The molecular formula is C77H142NO8+. The van der Waals surface area contributed by atoms with Crippen molar-refractivity contribution in [2.75, 3.05) is 47.5 Å². The summed E-state index contributed by atoms with van der Waals surface area (Å²) in [7, 11) is 5.98. The standard InChI is InChI=1S/C77H141NO8/c1-6-8-10-12-14-16-18-20-22-24-26-28-30-31-32-33-34-35-36-37-38-39-40-41-42-43-44-46-47-49-51-53-55-57-59-61-63-65-67-74(79)84-71-73(72-85-77(76(81)82)83-70-69-78(3,4)5)86-75(80)68-66-64-62-60-58-56-54-52-50-48-45-29-27-25-23-21-19-17-15-13-11-9-7-2/h9,11,15,17,21,23,27,29,48,50,73,77H,6-8,10,12-14,16,18-20,22,24-26,28,30-47,49,51-72H2,1-5H3/p+1/b11-9-,17-15-,23-21-,29-27-,50-48-. The Hall–Kier alpha value is -3.01. The summed E-state index contributed by atoms with van der Waals surface area (Å²) in [6.07, 6.45) is 86.6. The van der Waals surface area contributed by atoms with Gasteiger partial charge < -0.3 is 28.5 Å². The number of ether oxygens (including phenoxy) is 4. The zero-order valence-corrected chi connectivity index (χ0v) is 57.5. The molecule has 0 aromatic rings. The third-order valence-electron chi connectivity index (χ3n) is 16.5. The van der Waals surface area contributed by atoms with E-state index in [1.807, 2.05) is 21.1 Å². The first kappa shape index (κ1) is 83.0. The van der Waals surface area contributed by atoms with Crippen molar-refractivity contribution in [3.8, 4) is 0 Å². The summed E-state index contributed by atoms with van der Waals surface area (Å²) in [6.45, 7) is 4.80. The van der Waals surface area contributed by atoms with Gasteiger partial charge in [-0.25, -0.2) is 4.79 Å². The summed E-state index contributed by atoms with van der Waals surface area (Å²) >= 11 is 0. The van der Waals surface area contributed by atoms with E-state index in [0.717, 1.165) is 77.0 Å². The highest BCUT2D eigenvalue weighted by Crippen LogP contribution is 2.19. The van der Waals surface area contributed by atoms with Crippen LogP contribution in [-0.4, -0.2) is 87.4 Å². The molecule has 86 heavy (non-hydrogen) atoms. The number of hydrogen-bond donors (Lipinski definition) is 1. The maximum Gasteiger partial charge on any atom is 0.361 e. The van der Waals surface area contributed by atoms with Crippen LogP contribution in [0, 0.1) is 0 Å². The highest BCUT2D eigenvalue weighted by molar-refractivity contribution is 5.71. The van der Waals surface area contributed by atoms with Crippen molar-refractivity contribution in [2.24, 2.45) is 0 Å². The van der Waals surface area contributed by atoms with Gasteiger partial charge in [-0.1, -0.05) is 344 Å². The molecular weight excluding hydrogens is 1070 g/mol. The van der Waals surface area contributed by atoms with Crippen LogP contribution in [0.15, 0.2) is 60.8 Å². The van der Waals surface area contributed by atoms with Gasteiger partial charge in [-0.05, 0) is 57.8 Å². The number of likely N-dealkylation sites (N-methyl/N-ethyl adjacent to an activating group) is 1. The minimum absolute atomic E-state index is 0.185. The summed E-state index contributed by atoms with van der Waals surface area (Å²) < 4.78 is 23.0.